The number of hydrogen-bond donors (Lipinski definition) is 3. The van der Waals surface area contributed by atoms with Crippen molar-refractivity contribution in [1.29, 1.82) is 0 Å². The Morgan fingerprint density at radius 2 is 1.60 bits per heavy atom. The smallest absolute Gasteiger partial charge is 0.343 e. The number of benzene rings is 2. The van der Waals surface area contributed by atoms with Gasteiger partial charge in [0.15, 0.2) is 5.75 Å². The summed E-state index contributed by atoms with van der Waals surface area (Å²) in [4.78, 5) is 23.1. The maximum absolute atomic E-state index is 11.9. The highest BCUT2D eigenvalue weighted by atomic mass is 16.5. The van der Waals surface area contributed by atoms with Crippen LogP contribution in [0.3, 0.4) is 0 Å². The minimum atomic E-state index is -0.687. The number of esters is 1. The first-order chi connectivity index (χ1) is 9.49. The molecule has 0 aromatic heterocycles. The largest absolute Gasteiger partial charge is 0.421 e. The van der Waals surface area contributed by atoms with Gasteiger partial charge in [-0.2, -0.15) is 0 Å². The number of carbonyl (C=O) groups excluding carboxylic acids is 2. The molecule has 2 rings (SSSR count). The topological polar surface area (TPSA) is 121 Å². The standard InChI is InChI=1S/C14H13N3O3/c15-9-6-4-8(5-7-9)14(19)20-11-3-1-2-10(12(11)16)13(17)18/h1-7H,15-16H2,(H2,17,18). The Bertz CT molecular complexity index is 666. The molecule has 0 fully saturated rings. The fraction of sp³-hybridized carbons (Fsp3) is 0. The van der Waals surface area contributed by atoms with Gasteiger partial charge in [-0.05, 0) is 36.4 Å². The molecule has 6 N–H and O–H groups in total. The number of carbonyl (C=O) groups is 2. The highest BCUT2D eigenvalue weighted by molar-refractivity contribution is 6.00. The molecular formula is C14H13N3O3. The minimum Gasteiger partial charge on any atom is -0.421 e. The molecule has 0 spiro atoms. The van der Waals surface area contributed by atoms with Crippen LogP contribution in [0, 0.1) is 0 Å². The van der Waals surface area contributed by atoms with Crippen molar-refractivity contribution in [3.05, 3.63) is 53.6 Å². The maximum Gasteiger partial charge on any atom is 0.343 e. The monoisotopic (exact) mass is 271 g/mol. The van der Waals surface area contributed by atoms with Gasteiger partial charge in [-0.25, -0.2) is 4.79 Å². The van der Waals surface area contributed by atoms with E-state index in [0.29, 0.717) is 11.3 Å². The molecule has 20 heavy (non-hydrogen) atoms. The minimum absolute atomic E-state index is 0.0313. The van der Waals surface area contributed by atoms with Crippen molar-refractivity contribution >= 4 is 23.3 Å². The number of hydrogen-bond acceptors (Lipinski definition) is 5. The molecule has 6 heteroatoms. The van der Waals surface area contributed by atoms with E-state index in [2.05, 4.69) is 0 Å². The molecule has 0 unspecified atom stereocenters. The molecular weight excluding hydrogens is 258 g/mol. The van der Waals surface area contributed by atoms with Crippen LogP contribution in [-0.4, -0.2) is 11.9 Å². The summed E-state index contributed by atoms with van der Waals surface area (Å²) in [6, 6.07) is 10.7. The van der Waals surface area contributed by atoms with E-state index in [0.717, 1.165) is 0 Å². The predicted molar refractivity (Wildman–Crippen MR) is 75.2 cm³/mol. The Balaban J connectivity index is 2.26. The van der Waals surface area contributed by atoms with Crippen molar-refractivity contribution < 1.29 is 14.3 Å². The molecule has 0 saturated carbocycles. The number of para-hydroxylation sites is 1. The molecule has 0 radical (unpaired) electrons. The van der Waals surface area contributed by atoms with Crippen LogP contribution < -0.4 is 21.9 Å². The second kappa shape index (κ2) is 5.31. The van der Waals surface area contributed by atoms with Crippen molar-refractivity contribution in [3.63, 3.8) is 0 Å². The van der Waals surface area contributed by atoms with Gasteiger partial charge in [0, 0.05) is 5.69 Å². The van der Waals surface area contributed by atoms with Crippen LogP contribution in [0.4, 0.5) is 11.4 Å². The molecule has 6 nitrogen and oxygen atoms in total. The Kier molecular flexibility index (Phi) is 3.56. The third-order valence-corrected chi connectivity index (χ3v) is 2.68. The SMILES string of the molecule is NC(=O)c1cccc(OC(=O)c2ccc(N)cc2)c1N. The highest BCUT2D eigenvalue weighted by Crippen LogP contribution is 2.25. The summed E-state index contributed by atoms with van der Waals surface area (Å²) in [5, 5.41) is 0. The average Bonchev–Trinajstić information content (AvgIpc) is 2.41. The number of nitrogens with two attached hydrogens (primary N) is 3. The number of rotatable bonds is 3. The van der Waals surface area contributed by atoms with E-state index in [1.165, 1.54) is 30.3 Å². The Labute approximate surface area is 115 Å². The molecule has 0 bridgehead atoms. The molecule has 0 heterocycles. The van der Waals surface area contributed by atoms with Crippen LogP contribution in [0.15, 0.2) is 42.5 Å². The van der Waals surface area contributed by atoms with E-state index < -0.39 is 11.9 Å². The lowest BCUT2D eigenvalue weighted by Gasteiger charge is -2.09. The van der Waals surface area contributed by atoms with Crippen molar-refractivity contribution in [3.8, 4) is 5.75 Å². The zero-order valence-electron chi connectivity index (χ0n) is 10.5. The summed E-state index contributed by atoms with van der Waals surface area (Å²) in [5.74, 6) is -1.20. The van der Waals surface area contributed by atoms with Crippen LogP contribution in [0.2, 0.25) is 0 Å². The molecule has 2 aromatic carbocycles. The van der Waals surface area contributed by atoms with Crippen LogP contribution >= 0.6 is 0 Å². The van der Waals surface area contributed by atoms with E-state index in [-0.39, 0.29) is 17.0 Å². The van der Waals surface area contributed by atoms with Crippen LogP contribution in [0.25, 0.3) is 0 Å². The first-order valence-corrected chi connectivity index (χ1v) is 5.75. The summed E-state index contributed by atoms with van der Waals surface area (Å²) < 4.78 is 5.15. The first-order valence-electron chi connectivity index (χ1n) is 5.75. The third kappa shape index (κ3) is 2.69. The molecule has 102 valence electrons. The van der Waals surface area contributed by atoms with Gasteiger partial charge in [0.2, 0.25) is 0 Å². The average molecular weight is 271 g/mol. The number of ether oxygens (including phenoxy) is 1. The zero-order valence-corrected chi connectivity index (χ0v) is 10.5. The summed E-state index contributed by atoms with van der Waals surface area (Å²) in [6.45, 7) is 0. The van der Waals surface area contributed by atoms with Gasteiger partial charge in [0.1, 0.15) is 0 Å². The molecule has 0 aliphatic carbocycles. The van der Waals surface area contributed by atoms with Gasteiger partial charge >= 0.3 is 5.97 Å². The van der Waals surface area contributed by atoms with E-state index in [1.807, 2.05) is 0 Å². The lowest BCUT2D eigenvalue weighted by atomic mass is 10.1. The van der Waals surface area contributed by atoms with E-state index in [4.69, 9.17) is 21.9 Å². The molecule has 0 aliphatic heterocycles. The summed E-state index contributed by atoms with van der Waals surface area (Å²) in [7, 11) is 0. The number of primary amides is 1. The summed E-state index contributed by atoms with van der Waals surface area (Å²) in [5.41, 5.74) is 17.4. The van der Waals surface area contributed by atoms with E-state index in [1.54, 1.807) is 12.1 Å². The normalized spacial score (nSPS) is 10.0. The molecule has 0 atom stereocenters. The van der Waals surface area contributed by atoms with Crippen molar-refractivity contribution in [2.45, 2.75) is 0 Å². The number of amides is 1. The first kappa shape index (κ1) is 13.4. The van der Waals surface area contributed by atoms with E-state index in [9.17, 15) is 9.59 Å². The van der Waals surface area contributed by atoms with Crippen LogP contribution in [0.5, 0.6) is 5.75 Å². The predicted octanol–water partition coefficient (Wildman–Crippen LogP) is 1.17. The van der Waals surface area contributed by atoms with Gasteiger partial charge in [-0.1, -0.05) is 6.07 Å². The van der Waals surface area contributed by atoms with E-state index >= 15 is 0 Å². The molecule has 0 saturated heterocycles. The van der Waals surface area contributed by atoms with Gasteiger partial charge in [-0.3, -0.25) is 4.79 Å². The molecule has 1 amide bonds. The van der Waals surface area contributed by atoms with Gasteiger partial charge in [0.05, 0.1) is 16.8 Å². The third-order valence-electron chi connectivity index (χ3n) is 2.68. The highest BCUT2D eigenvalue weighted by Gasteiger charge is 2.14. The van der Waals surface area contributed by atoms with Gasteiger partial charge < -0.3 is 21.9 Å². The number of nitrogen functional groups attached to an aromatic ring is 2. The zero-order chi connectivity index (χ0) is 14.7. The fourth-order valence-electron chi connectivity index (χ4n) is 1.63. The summed E-state index contributed by atoms with van der Waals surface area (Å²) in [6.07, 6.45) is 0. The van der Waals surface area contributed by atoms with Crippen molar-refractivity contribution in [1.82, 2.24) is 0 Å². The summed E-state index contributed by atoms with van der Waals surface area (Å²) >= 11 is 0. The van der Waals surface area contributed by atoms with Crippen LogP contribution in [-0.2, 0) is 0 Å². The second-order valence-corrected chi connectivity index (χ2v) is 4.09. The van der Waals surface area contributed by atoms with Crippen LogP contribution in [0.1, 0.15) is 20.7 Å². The Morgan fingerprint density at radius 3 is 2.20 bits per heavy atom. The van der Waals surface area contributed by atoms with Gasteiger partial charge in [0.25, 0.3) is 5.91 Å². The fourth-order valence-corrected chi connectivity index (χ4v) is 1.63. The molecule has 2 aromatic rings. The van der Waals surface area contributed by atoms with Crippen molar-refractivity contribution in [2.75, 3.05) is 11.5 Å². The van der Waals surface area contributed by atoms with Gasteiger partial charge in [-0.15, -0.1) is 0 Å². The molecule has 0 aliphatic rings. The number of anilines is 2. The Morgan fingerprint density at radius 1 is 0.950 bits per heavy atom. The lowest BCUT2D eigenvalue weighted by molar-refractivity contribution is 0.0735. The Hall–Kier alpha value is -3.02. The second-order valence-electron chi connectivity index (χ2n) is 4.09. The van der Waals surface area contributed by atoms with Crippen molar-refractivity contribution in [2.24, 2.45) is 5.73 Å². The lowest BCUT2D eigenvalue weighted by Crippen LogP contribution is -2.15. The quantitative estimate of drug-likeness (QED) is 0.439. The maximum atomic E-state index is 11.9.